The number of hydrazine groups is 1. The Morgan fingerprint density at radius 1 is 1.00 bits per heavy atom. The van der Waals surface area contributed by atoms with Gasteiger partial charge in [0.15, 0.2) is 0 Å². The highest BCUT2D eigenvalue weighted by Gasteiger charge is 2.21. The number of benzene rings is 3. The Morgan fingerprint density at radius 2 is 1.81 bits per heavy atom. The minimum Gasteiger partial charge on any atom is -0.285 e. The van der Waals surface area contributed by atoms with Crippen LogP contribution in [0.3, 0.4) is 0 Å². The molecule has 0 aliphatic carbocycles. The number of nitrogens with zero attached hydrogens (tertiary/aromatic N) is 2. The molecule has 0 radical (unpaired) electrons. The number of hydrogen-bond acceptors (Lipinski definition) is 4. The molecule has 2 heterocycles. The number of aliphatic imine (C=N–C) groups is 1. The van der Waals surface area contributed by atoms with Gasteiger partial charge in [0.2, 0.25) is 0 Å². The van der Waals surface area contributed by atoms with E-state index in [1.807, 2.05) is 41.4 Å². The van der Waals surface area contributed by atoms with E-state index in [1.165, 1.54) is 12.5 Å². The number of halogens is 2. The number of piperidine rings is 1. The number of amides is 1. The van der Waals surface area contributed by atoms with Crippen LogP contribution in [0.1, 0.15) is 40.7 Å². The number of carbonyl (C=O) groups excluding carboxylic acids is 1. The van der Waals surface area contributed by atoms with Gasteiger partial charge in [0.05, 0.1) is 16.4 Å². The van der Waals surface area contributed by atoms with Crippen LogP contribution in [0.25, 0.3) is 0 Å². The Bertz CT molecular complexity index is 1220. The molecule has 4 nitrogen and oxygen atoms in total. The van der Waals surface area contributed by atoms with Gasteiger partial charge in [-0.05, 0) is 49.2 Å². The van der Waals surface area contributed by atoms with Crippen LogP contribution in [-0.2, 0) is 0 Å². The average molecular weight is 466 g/mol. The van der Waals surface area contributed by atoms with Crippen LogP contribution in [0.4, 0.5) is 10.1 Å². The number of fused-ring (bicyclic) bond motifs is 2. The van der Waals surface area contributed by atoms with E-state index in [0.29, 0.717) is 22.5 Å². The summed E-state index contributed by atoms with van der Waals surface area (Å²) in [5.41, 5.74) is 6.43. The molecule has 1 saturated heterocycles. The molecular weight excluding hydrogens is 445 g/mol. The molecule has 0 unspecified atom stereocenters. The Labute approximate surface area is 195 Å². The molecule has 32 heavy (non-hydrogen) atoms. The summed E-state index contributed by atoms with van der Waals surface area (Å²) in [6.45, 7) is 1.73. The third kappa shape index (κ3) is 4.31. The van der Waals surface area contributed by atoms with E-state index in [-0.39, 0.29) is 10.9 Å². The molecule has 2 aliphatic rings. The van der Waals surface area contributed by atoms with E-state index < -0.39 is 5.82 Å². The Kier molecular flexibility index (Phi) is 6.00. The molecule has 1 N–H and O–H groups in total. The molecule has 1 fully saturated rings. The fraction of sp³-hybridized carbons (Fsp3) is 0.200. The van der Waals surface area contributed by atoms with Gasteiger partial charge in [-0.3, -0.25) is 10.2 Å². The molecule has 3 aromatic carbocycles. The summed E-state index contributed by atoms with van der Waals surface area (Å²) in [6, 6.07) is 18.2. The van der Waals surface area contributed by atoms with Gasteiger partial charge in [0.25, 0.3) is 5.91 Å². The van der Waals surface area contributed by atoms with Crippen molar-refractivity contribution in [2.45, 2.75) is 29.1 Å². The van der Waals surface area contributed by atoms with Crippen molar-refractivity contribution < 1.29 is 9.18 Å². The van der Waals surface area contributed by atoms with Gasteiger partial charge in [-0.15, -0.1) is 0 Å². The van der Waals surface area contributed by atoms with Crippen molar-refractivity contribution in [3.63, 3.8) is 0 Å². The van der Waals surface area contributed by atoms with Crippen LogP contribution in [0.15, 0.2) is 75.4 Å². The topological polar surface area (TPSA) is 44.7 Å². The highest BCUT2D eigenvalue weighted by Crippen LogP contribution is 2.41. The lowest BCUT2D eigenvalue weighted by atomic mass is 10.0. The summed E-state index contributed by atoms with van der Waals surface area (Å²) < 4.78 is 14.3. The summed E-state index contributed by atoms with van der Waals surface area (Å²) in [6.07, 6.45) is 3.38. The van der Waals surface area contributed by atoms with E-state index in [1.54, 1.807) is 30.0 Å². The summed E-state index contributed by atoms with van der Waals surface area (Å²) in [5.74, 6) is -0.633. The van der Waals surface area contributed by atoms with Gasteiger partial charge in [-0.25, -0.2) is 14.4 Å². The van der Waals surface area contributed by atoms with Crippen LogP contribution in [0.5, 0.6) is 0 Å². The van der Waals surface area contributed by atoms with E-state index in [0.717, 1.165) is 41.3 Å². The Balaban J connectivity index is 1.55. The zero-order valence-electron chi connectivity index (χ0n) is 17.3. The number of carbonyl (C=O) groups is 1. The normalized spacial score (nSPS) is 15.9. The van der Waals surface area contributed by atoms with Crippen LogP contribution in [-0.4, -0.2) is 29.7 Å². The number of hydrogen-bond donors (Lipinski definition) is 1. The largest absolute Gasteiger partial charge is 0.285 e. The first-order valence-corrected chi connectivity index (χ1v) is 11.8. The van der Waals surface area contributed by atoms with E-state index in [9.17, 15) is 9.18 Å². The lowest BCUT2D eigenvalue weighted by molar-refractivity contribution is 0.0750. The maximum atomic E-state index is 14.3. The molecule has 0 bridgehead atoms. The smallest absolute Gasteiger partial charge is 0.265 e. The van der Waals surface area contributed by atoms with Gasteiger partial charge in [0, 0.05) is 39.6 Å². The summed E-state index contributed by atoms with van der Waals surface area (Å²) >= 11 is 7.49. The quantitative estimate of drug-likeness (QED) is 0.389. The first kappa shape index (κ1) is 21.2. The van der Waals surface area contributed by atoms with Gasteiger partial charge >= 0.3 is 0 Å². The molecule has 3 aromatic rings. The van der Waals surface area contributed by atoms with Crippen molar-refractivity contribution in [3.05, 3.63) is 88.2 Å². The molecule has 0 atom stereocenters. The second-order valence-corrected chi connectivity index (χ2v) is 9.35. The van der Waals surface area contributed by atoms with E-state index >= 15 is 0 Å². The molecule has 1 amide bonds. The lowest BCUT2D eigenvalue weighted by Gasteiger charge is -2.26. The molecular formula is C25H21ClFN3OS. The molecule has 7 heteroatoms. The minimum absolute atomic E-state index is 0.0719. The van der Waals surface area contributed by atoms with Crippen molar-refractivity contribution in [1.29, 1.82) is 0 Å². The molecule has 0 spiro atoms. The predicted octanol–water partition coefficient (Wildman–Crippen LogP) is 6.24. The van der Waals surface area contributed by atoms with Crippen LogP contribution in [0.2, 0.25) is 5.02 Å². The first-order valence-electron chi connectivity index (χ1n) is 10.6. The third-order valence-electron chi connectivity index (χ3n) is 5.62. The third-order valence-corrected chi connectivity index (χ3v) is 7.07. The molecule has 0 saturated carbocycles. The van der Waals surface area contributed by atoms with Crippen LogP contribution < -0.4 is 5.43 Å². The van der Waals surface area contributed by atoms with E-state index in [4.69, 9.17) is 16.6 Å². The maximum Gasteiger partial charge on any atom is 0.265 e. The fourth-order valence-corrected chi connectivity index (χ4v) is 5.08. The van der Waals surface area contributed by atoms with Crippen LogP contribution in [0, 0.1) is 5.82 Å². The zero-order chi connectivity index (χ0) is 22.1. The second-order valence-electron chi connectivity index (χ2n) is 7.86. The van der Waals surface area contributed by atoms with Crippen molar-refractivity contribution in [2.75, 3.05) is 13.1 Å². The number of nitrogens with one attached hydrogen (secondary N) is 1. The summed E-state index contributed by atoms with van der Waals surface area (Å²) in [5, 5.41) is 2.05. The van der Waals surface area contributed by atoms with Crippen molar-refractivity contribution >= 4 is 40.7 Å². The molecule has 2 aliphatic heterocycles. The van der Waals surface area contributed by atoms with Gasteiger partial charge in [-0.2, -0.15) is 0 Å². The van der Waals surface area contributed by atoms with Gasteiger partial charge in [-0.1, -0.05) is 54.0 Å². The van der Waals surface area contributed by atoms with Crippen molar-refractivity contribution in [1.82, 2.24) is 10.4 Å². The van der Waals surface area contributed by atoms with Gasteiger partial charge in [0.1, 0.15) is 5.82 Å². The molecule has 0 aromatic heterocycles. The maximum absolute atomic E-state index is 14.3. The SMILES string of the molecule is O=C(NN1CCCCC1)c1ccc2c(c1)N=C(c1ccc(Cl)c(F)c1)c1ccccc1S2. The van der Waals surface area contributed by atoms with Gasteiger partial charge < -0.3 is 0 Å². The standard InChI is InChI=1S/C25H21ClFN3OS/c26-19-10-8-16(14-20(19)27)24-18-6-2-3-7-22(18)32-23-11-9-17(15-21(23)28-24)25(31)29-30-12-4-1-5-13-30/h2-3,6-11,14-15H,1,4-5,12-13H2,(H,29,31). The summed E-state index contributed by atoms with van der Waals surface area (Å²) in [7, 11) is 0. The fourth-order valence-electron chi connectivity index (χ4n) is 3.96. The highest BCUT2D eigenvalue weighted by atomic mass is 35.5. The Hall–Kier alpha value is -2.67. The van der Waals surface area contributed by atoms with Crippen molar-refractivity contribution in [3.8, 4) is 0 Å². The Morgan fingerprint density at radius 3 is 2.62 bits per heavy atom. The first-order chi connectivity index (χ1) is 15.6. The lowest BCUT2D eigenvalue weighted by Crippen LogP contribution is -2.45. The van der Waals surface area contributed by atoms with E-state index in [2.05, 4.69) is 5.43 Å². The predicted molar refractivity (Wildman–Crippen MR) is 127 cm³/mol. The average Bonchev–Trinajstić information content (AvgIpc) is 2.98. The van der Waals surface area contributed by atoms with Crippen molar-refractivity contribution in [2.24, 2.45) is 4.99 Å². The summed E-state index contributed by atoms with van der Waals surface area (Å²) in [4.78, 5) is 19.7. The van der Waals surface area contributed by atoms with Crippen LogP contribution >= 0.6 is 23.4 Å². The second kappa shape index (κ2) is 9.06. The number of rotatable bonds is 3. The zero-order valence-corrected chi connectivity index (χ0v) is 18.8. The molecule has 162 valence electrons. The monoisotopic (exact) mass is 465 g/mol. The molecule has 5 rings (SSSR count). The minimum atomic E-state index is -0.490. The highest BCUT2D eigenvalue weighted by molar-refractivity contribution is 7.99.